The van der Waals surface area contributed by atoms with Crippen LogP contribution in [0.3, 0.4) is 0 Å². The Labute approximate surface area is 207 Å². The van der Waals surface area contributed by atoms with Crippen molar-refractivity contribution in [2.24, 2.45) is 0 Å². The standard InChI is InChI=1S/C31H20ClNS/c32-24-14-11-19-9-10-22(17-23(19)18-24)25-7-4-8-27-26(25)15-12-20-13-16-28-30(29(20)27)33-31(34-28)21-5-2-1-3-6-21/h1-18,31,33H. The smallest absolute Gasteiger partial charge is 0.103 e. The van der Waals surface area contributed by atoms with E-state index >= 15 is 0 Å². The normalized spacial score (nSPS) is 15.0. The Morgan fingerprint density at radius 2 is 1.47 bits per heavy atom. The number of hydrogen-bond donors (Lipinski definition) is 1. The Morgan fingerprint density at radius 1 is 0.647 bits per heavy atom. The van der Waals surface area contributed by atoms with Gasteiger partial charge in [-0.2, -0.15) is 0 Å². The molecule has 0 amide bonds. The van der Waals surface area contributed by atoms with E-state index in [1.165, 1.54) is 54.2 Å². The van der Waals surface area contributed by atoms with Crippen LogP contribution >= 0.6 is 23.4 Å². The molecule has 0 aliphatic carbocycles. The number of halogens is 1. The zero-order chi connectivity index (χ0) is 22.6. The Morgan fingerprint density at radius 3 is 2.38 bits per heavy atom. The molecule has 0 saturated carbocycles. The van der Waals surface area contributed by atoms with Gasteiger partial charge in [-0.15, -0.1) is 0 Å². The van der Waals surface area contributed by atoms with Gasteiger partial charge < -0.3 is 5.32 Å². The lowest BCUT2D eigenvalue weighted by Crippen LogP contribution is -2.01. The molecule has 1 nitrogen and oxygen atoms in total. The Kier molecular flexibility index (Phi) is 4.58. The van der Waals surface area contributed by atoms with E-state index in [4.69, 9.17) is 11.6 Å². The fourth-order valence-electron chi connectivity index (χ4n) is 5.11. The van der Waals surface area contributed by atoms with Crippen LogP contribution in [-0.2, 0) is 0 Å². The number of benzene rings is 6. The fraction of sp³-hybridized carbons (Fsp3) is 0.0323. The molecule has 162 valence electrons. The molecule has 0 radical (unpaired) electrons. The van der Waals surface area contributed by atoms with Crippen molar-refractivity contribution < 1.29 is 0 Å². The van der Waals surface area contributed by atoms with Crippen LogP contribution in [0.4, 0.5) is 5.69 Å². The number of rotatable bonds is 2. The summed E-state index contributed by atoms with van der Waals surface area (Å²) in [5.41, 5.74) is 4.98. The largest absolute Gasteiger partial charge is 0.368 e. The van der Waals surface area contributed by atoms with Gasteiger partial charge in [-0.05, 0) is 67.9 Å². The van der Waals surface area contributed by atoms with Crippen LogP contribution in [0.15, 0.2) is 114 Å². The molecule has 1 N–H and O–H groups in total. The molecular weight excluding hydrogens is 454 g/mol. The van der Waals surface area contributed by atoms with E-state index in [9.17, 15) is 0 Å². The molecule has 34 heavy (non-hydrogen) atoms. The molecule has 1 aliphatic rings. The van der Waals surface area contributed by atoms with E-state index in [0.29, 0.717) is 0 Å². The first-order chi connectivity index (χ1) is 16.7. The molecule has 7 rings (SSSR count). The van der Waals surface area contributed by atoms with Crippen LogP contribution in [0.5, 0.6) is 0 Å². The lowest BCUT2D eigenvalue weighted by molar-refractivity contribution is 1.14. The minimum Gasteiger partial charge on any atom is -0.368 e. The highest BCUT2D eigenvalue weighted by Gasteiger charge is 2.25. The van der Waals surface area contributed by atoms with Crippen molar-refractivity contribution in [1.29, 1.82) is 0 Å². The van der Waals surface area contributed by atoms with Crippen molar-refractivity contribution in [3.63, 3.8) is 0 Å². The van der Waals surface area contributed by atoms with Crippen molar-refractivity contribution in [1.82, 2.24) is 0 Å². The molecular formula is C31H20ClNS. The maximum absolute atomic E-state index is 6.28. The van der Waals surface area contributed by atoms with E-state index in [0.717, 1.165) is 10.4 Å². The Bertz CT molecular complexity index is 1730. The predicted octanol–water partition coefficient (Wildman–Crippen LogP) is 9.68. The summed E-state index contributed by atoms with van der Waals surface area (Å²) in [7, 11) is 0. The molecule has 0 bridgehead atoms. The summed E-state index contributed by atoms with van der Waals surface area (Å²) in [6, 6.07) is 39.0. The number of fused-ring (bicyclic) bond motifs is 6. The number of thioether (sulfide) groups is 1. The van der Waals surface area contributed by atoms with E-state index in [2.05, 4.69) is 102 Å². The second kappa shape index (κ2) is 7.80. The Balaban J connectivity index is 1.42. The molecule has 6 aromatic rings. The molecule has 0 fully saturated rings. The summed E-state index contributed by atoms with van der Waals surface area (Å²) >= 11 is 8.17. The van der Waals surface area contributed by atoms with Crippen molar-refractivity contribution in [2.45, 2.75) is 10.3 Å². The van der Waals surface area contributed by atoms with Gasteiger partial charge >= 0.3 is 0 Å². The van der Waals surface area contributed by atoms with Gasteiger partial charge in [-0.3, -0.25) is 0 Å². The number of nitrogens with one attached hydrogen (secondary N) is 1. The van der Waals surface area contributed by atoms with E-state index in [1.807, 2.05) is 23.9 Å². The second-order valence-corrected chi connectivity index (χ2v) is 10.3. The van der Waals surface area contributed by atoms with Crippen LogP contribution in [0.2, 0.25) is 5.02 Å². The van der Waals surface area contributed by atoms with Crippen molar-refractivity contribution >= 4 is 61.4 Å². The average Bonchev–Trinajstić information content (AvgIpc) is 3.33. The quantitative estimate of drug-likeness (QED) is 0.251. The van der Waals surface area contributed by atoms with Crippen molar-refractivity contribution in [3.8, 4) is 11.1 Å². The lowest BCUT2D eigenvalue weighted by Gasteiger charge is -2.14. The monoisotopic (exact) mass is 473 g/mol. The first kappa shape index (κ1) is 20.0. The minimum atomic E-state index is 0.227. The fourth-order valence-corrected chi connectivity index (χ4v) is 6.44. The van der Waals surface area contributed by atoms with Gasteiger partial charge in [0.25, 0.3) is 0 Å². The van der Waals surface area contributed by atoms with E-state index in [-0.39, 0.29) is 5.37 Å². The van der Waals surface area contributed by atoms with Gasteiger partial charge in [0.05, 0.1) is 5.69 Å². The Hall–Kier alpha value is -3.46. The van der Waals surface area contributed by atoms with Crippen LogP contribution in [0.1, 0.15) is 10.9 Å². The highest BCUT2D eigenvalue weighted by atomic mass is 35.5. The van der Waals surface area contributed by atoms with Crippen LogP contribution in [-0.4, -0.2) is 0 Å². The summed E-state index contributed by atoms with van der Waals surface area (Å²) < 4.78 is 0. The van der Waals surface area contributed by atoms with Gasteiger partial charge in [0.15, 0.2) is 0 Å². The summed E-state index contributed by atoms with van der Waals surface area (Å²) in [6.45, 7) is 0. The van der Waals surface area contributed by atoms with Crippen molar-refractivity contribution in [3.05, 3.63) is 120 Å². The zero-order valence-corrected chi connectivity index (χ0v) is 19.8. The summed E-state index contributed by atoms with van der Waals surface area (Å²) in [4.78, 5) is 1.31. The molecule has 6 aromatic carbocycles. The zero-order valence-electron chi connectivity index (χ0n) is 18.3. The topological polar surface area (TPSA) is 12.0 Å². The molecule has 1 atom stereocenters. The first-order valence-corrected chi connectivity index (χ1v) is 12.7. The first-order valence-electron chi connectivity index (χ1n) is 11.4. The SMILES string of the molecule is Clc1ccc2ccc(-c3cccc4c3ccc3ccc5c(c34)NC(c3ccccc3)S5)cc2c1. The summed E-state index contributed by atoms with van der Waals surface area (Å²) in [6.07, 6.45) is 0. The van der Waals surface area contributed by atoms with Crippen LogP contribution in [0.25, 0.3) is 43.4 Å². The maximum Gasteiger partial charge on any atom is 0.103 e. The second-order valence-electron chi connectivity index (χ2n) is 8.76. The number of anilines is 1. The van der Waals surface area contributed by atoms with Gasteiger partial charge in [0.1, 0.15) is 5.37 Å². The third kappa shape index (κ3) is 3.18. The molecule has 1 heterocycles. The lowest BCUT2D eigenvalue weighted by atomic mass is 9.93. The molecule has 0 saturated heterocycles. The predicted molar refractivity (Wildman–Crippen MR) is 148 cm³/mol. The van der Waals surface area contributed by atoms with Gasteiger partial charge in [-0.25, -0.2) is 0 Å². The van der Waals surface area contributed by atoms with E-state index in [1.54, 1.807) is 0 Å². The van der Waals surface area contributed by atoms with Gasteiger partial charge in [0, 0.05) is 15.3 Å². The number of hydrogen-bond acceptors (Lipinski definition) is 2. The highest BCUT2D eigenvalue weighted by molar-refractivity contribution is 8.00. The molecule has 1 unspecified atom stereocenters. The van der Waals surface area contributed by atoms with Gasteiger partial charge in [-0.1, -0.05) is 108 Å². The molecule has 1 aliphatic heterocycles. The van der Waals surface area contributed by atoms with Crippen molar-refractivity contribution in [2.75, 3.05) is 5.32 Å². The molecule has 3 heteroatoms. The molecule has 0 spiro atoms. The van der Waals surface area contributed by atoms with Crippen LogP contribution in [0, 0.1) is 0 Å². The van der Waals surface area contributed by atoms with Crippen LogP contribution < -0.4 is 5.32 Å². The molecule has 0 aromatic heterocycles. The third-order valence-corrected chi connectivity index (χ3v) is 8.20. The average molecular weight is 474 g/mol. The van der Waals surface area contributed by atoms with Gasteiger partial charge in [0.2, 0.25) is 0 Å². The third-order valence-electron chi connectivity index (χ3n) is 6.74. The highest BCUT2D eigenvalue weighted by Crippen LogP contribution is 2.51. The minimum absolute atomic E-state index is 0.227. The van der Waals surface area contributed by atoms with E-state index < -0.39 is 0 Å². The summed E-state index contributed by atoms with van der Waals surface area (Å²) in [5, 5.41) is 12.3. The maximum atomic E-state index is 6.28. The summed E-state index contributed by atoms with van der Waals surface area (Å²) in [5.74, 6) is 0.